The maximum absolute atomic E-state index is 12.9. The van der Waals surface area contributed by atoms with Crippen LogP contribution in [0.4, 0.5) is 5.95 Å². The molecule has 1 aliphatic heterocycles. The smallest absolute Gasteiger partial charge is 0.230 e. The third kappa shape index (κ3) is 3.92. The largest absolute Gasteiger partial charge is 0.309 e. The minimum absolute atomic E-state index is 0.0488. The lowest BCUT2D eigenvalue weighted by Crippen LogP contribution is -2.33. The molecule has 5 heteroatoms. The number of nitrogens with one attached hydrogen (secondary N) is 1. The number of likely N-dealkylation sites (tertiary alicyclic amines) is 1. The van der Waals surface area contributed by atoms with E-state index in [1.54, 1.807) is 0 Å². The fraction of sp³-hybridized carbons (Fsp3) is 0.417. The van der Waals surface area contributed by atoms with E-state index < -0.39 is 0 Å². The van der Waals surface area contributed by atoms with Crippen LogP contribution in [0.15, 0.2) is 54.6 Å². The number of rotatable bonds is 6. The van der Waals surface area contributed by atoms with Gasteiger partial charge in [0.25, 0.3) is 0 Å². The second kappa shape index (κ2) is 7.99. The number of benzene rings is 2. The molecule has 0 bridgehead atoms. The van der Waals surface area contributed by atoms with Crippen molar-refractivity contribution in [3.05, 3.63) is 60.2 Å². The van der Waals surface area contributed by atoms with Crippen molar-refractivity contribution in [3.63, 3.8) is 0 Å². The molecule has 5 rings (SSSR count). The Hall–Kier alpha value is -2.66. The molecule has 1 N–H and O–H groups in total. The molecular formula is C24H28N4O. The van der Waals surface area contributed by atoms with Gasteiger partial charge in [-0.2, -0.15) is 0 Å². The fourth-order valence-corrected chi connectivity index (χ4v) is 4.58. The van der Waals surface area contributed by atoms with Crippen LogP contribution in [-0.4, -0.2) is 40.0 Å². The summed E-state index contributed by atoms with van der Waals surface area (Å²) in [6.07, 6.45) is 4.84. The van der Waals surface area contributed by atoms with Crippen molar-refractivity contribution in [2.45, 2.75) is 38.1 Å². The average Bonchev–Trinajstić information content (AvgIpc) is 3.50. The molecule has 1 saturated heterocycles. The van der Waals surface area contributed by atoms with Gasteiger partial charge < -0.3 is 9.47 Å². The molecule has 1 amide bonds. The molecule has 29 heavy (non-hydrogen) atoms. The van der Waals surface area contributed by atoms with E-state index in [4.69, 9.17) is 4.98 Å². The molecule has 2 fully saturated rings. The Morgan fingerprint density at radius 2 is 1.72 bits per heavy atom. The van der Waals surface area contributed by atoms with E-state index in [1.807, 2.05) is 36.4 Å². The maximum Gasteiger partial charge on any atom is 0.230 e. The number of carbonyl (C=O) groups excluding carboxylic acids is 1. The lowest BCUT2D eigenvalue weighted by Gasteiger charge is -2.26. The molecular weight excluding hydrogens is 360 g/mol. The first-order chi connectivity index (χ1) is 14.3. The van der Waals surface area contributed by atoms with Crippen LogP contribution < -0.4 is 5.32 Å². The fourth-order valence-electron chi connectivity index (χ4n) is 4.58. The molecule has 2 aliphatic rings. The second-order valence-electron chi connectivity index (χ2n) is 8.33. The van der Waals surface area contributed by atoms with Crippen LogP contribution in [0.2, 0.25) is 0 Å². The summed E-state index contributed by atoms with van der Waals surface area (Å²) in [6.45, 7) is 4.20. The van der Waals surface area contributed by atoms with Crippen LogP contribution in [0.1, 0.15) is 37.2 Å². The van der Waals surface area contributed by atoms with Gasteiger partial charge in [0, 0.05) is 19.0 Å². The highest BCUT2D eigenvalue weighted by atomic mass is 16.2. The number of nitrogens with zero attached hydrogens (tertiary/aromatic N) is 3. The maximum atomic E-state index is 12.9. The number of fused-ring (bicyclic) bond motifs is 1. The van der Waals surface area contributed by atoms with Crippen molar-refractivity contribution in [3.8, 4) is 0 Å². The molecule has 2 heterocycles. The summed E-state index contributed by atoms with van der Waals surface area (Å²) in [5.74, 6) is 1.16. The van der Waals surface area contributed by atoms with Crippen LogP contribution in [0.3, 0.4) is 0 Å². The molecule has 0 spiro atoms. The number of para-hydroxylation sites is 2. The van der Waals surface area contributed by atoms with E-state index in [-0.39, 0.29) is 11.8 Å². The van der Waals surface area contributed by atoms with Gasteiger partial charge in [-0.15, -0.1) is 0 Å². The summed E-state index contributed by atoms with van der Waals surface area (Å²) >= 11 is 0. The van der Waals surface area contributed by atoms with Crippen LogP contribution in [0.25, 0.3) is 11.0 Å². The molecule has 0 unspecified atom stereocenters. The van der Waals surface area contributed by atoms with E-state index in [1.165, 1.54) is 37.9 Å². The van der Waals surface area contributed by atoms with Crippen molar-refractivity contribution in [1.29, 1.82) is 0 Å². The summed E-state index contributed by atoms with van der Waals surface area (Å²) in [4.78, 5) is 20.2. The molecule has 0 radical (unpaired) electrons. The van der Waals surface area contributed by atoms with E-state index in [9.17, 15) is 4.79 Å². The minimum Gasteiger partial charge on any atom is -0.309 e. The Morgan fingerprint density at radius 3 is 2.55 bits per heavy atom. The van der Waals surface area contributed by atoms with Crippen LogP contribution >= 0.6 is 0 Å². The highest BCUT2D eigenvalue weighted by Crippen LogP contribution is 2.47. The normalized spacial score (nSPS) is 21.9. The number of aromatic nitrogens is 2. The predicted octanol–water partition coefficient (Wildman–Crippen LogP) is 4.26. The van der Waals surface area contributed by atoms with Crippen molar-refractivity contribution in [1.82, 2.24) is 14.5 Å². The molecule has 5 nitrogen and oxygen atoms in total. The van der Waals surface area contributed by atoms with Gasteiger partial charge in [-0.3, -0.25) is 10.1 Å². The Kier molecular flexibility index (Phi) is 5.06. The first kappa shape index (κ1) is 18.4. The lowest BCUT2D eigenvalue weighted by atomic mass is 10.1. The summed E-state index contributed by atoms with van der Waals surface area (Å²) in [6, 6.07) is 18.5. The average molecular weight is 389 g/mol. The van der Waals surface area contributed by atoms with Crippen LogP contribution in [0.5, 0.6) is 0 Å². The van der Waals surface area contributed by atoms with Crippen LogP contribution in [-0.2, 0) is 11.3 Å². The first-order valence-corrected chi connectivity index (χ1v) is 10.8. The van der Waals surface area contributed by atoms with Crippen molar-refractivity contribution in [2.24, 2.45) is 5.92 Å². The van der Waals surface area contributed by atoms with Gasteiger partial charge in [-0.25, -0.2) is 4.98 Å². The first-order valence-electron chi connectivity index (χ1n) is 10.8. The van der Waals surface area contributed by atoms with Gasteiger partial charge in [0.2, 0.25) is 11.9 Å². The third-order valence-electron chi connectivity index (χ3n) is 6.33. The van der Waals surface area contributed by atoms with Gasteiger partial charge in [0.1, 0.15) is 0 Å². The summed E-state index contributed by atoms with van der Waals surface area (Å²) < 4.78 is 2.18. The molecule has 2 aromatic carbocycles. The molecule has 3 aromatic rings. The number of hydrogen-bond acceptors (Lipinski definition) is 3. The van der Waals surface area contributed by atoms with Crippen molar-refractivity contribution in [2.75, 3.05) is 25.0 Å². The van der Waals surface area contributed by atoms with E-state index in [2.05, 4.69) is 33.0 Å². The summed E-state index contributed by atoms with van der Waals surface area (Å²) in [5.41, 5.74) is 3.29. The minimum atomic E-state index is 0.0488. The summed E-state index contributed by atoms with van der Waals surface area (Å²) in [5, 5.41) is 3.14. The van der Waals surface area contributed by atoms with Gasteiger partial charge in [0.15, 0.2) is 0 Å². The number of hydrogen-bond donors (Lipinski definition) is 1. The Labute approximate surface area is 171 Å². The second-order valence-corrected chi connectivity index (χ2v) is 8.33. The lowest BCUT2D eigenvalue weighted by molar-refractivity contribution is -0.117. The quantitative estimate of drug-likeness (QED) is 0.686. The zero-order valence-corrected chi connectivity index (χ0v) is 16.8. The molecule has 1 aliphatic carbocycles. The van der Waals surface area contributed by atoms with Gasteiger partial charge >= 0.3 is 0 Å². The number of imidazole rings is 1. The van der Waals surface area contributed by atoms with E-state index >= 15 is 0 Å². The third-order valence-corrected chi connectivity index (χ3v) is 6.33. The van der Waals surface area contributed by atoms with Gasteiger partial charge in [-0.05, 0) is 56.0 Å². The standard InChI is InChI=1S/C24H28N4O/c29-23(20-17-19(20)18-9-3-1-4-10-18)26-24-25-21-11-5-6-12-22(21)28(24)16-15-27-13-7-2-8-14-27/h1,3-6,9-12,19-20H,2,7-8,13-17H2,(H,25,26,29)/t19-,20-/m1/s1. The summed E-state index contributed by atoms with van der Waals surface area (Å²) in [7, 11) is 0. The van der Waals surface area contributed by atoms with E-state index in [0.29, 0.717) is 11.9 Å². The van der Waals surface area contributed by atoms with Crippen molar-refractivity contribution < 1.29 is 4.79 Å². The topological polar surface area (TPSA) is 50.2 Å². The number of amides is 1. The van der Waals surface area contributed by atoms with Gasteiger partial charge in [-0.1, -0.05) is 48.9 Å². The zero-order chi connectivity index (χ0) is 19.6. The molecule has 150 valence electrons. The monoisotopic (exact) mass is 388 g/mol. The van der Waals surface area contributed by atoms with Crippen LogP contribution in [0, 0.1) is 5.92 Å². The van der Waals surface area contributed by atoms with E-state index in [0.717, 1.165) is 30.5 Å². The number of carbonyl (C=O) groups is 1. The molecule has 1 aromatic heterocycles. The Balaban J connectivity index is 1.32. The SMILES string of the molecule is O=C(Nc1nc2ccccc2n1CCN1CCCCC1)[C@@H]1C[C@@H]1c1ccccc1. The highest BCUT2D eigenvalue weighted by molar-refractivity contribution is 5.95. The predicted molar refractivity (Wildman–Crippen MR) is 116 cm³/mol. The molecule has 2 atom stereocenters. The number of piperidine rings is 1. The van der Waals surface area contributed by atoms with Crippen molar-refractivity contribution >= 4 is 22.9 Å². The Morgan fingerprint density at radius 1 is 0.966 bits per heavy atom. The highest BCUT2D eigenvalue weighted by Gasteiger charge is 2.44. The Bertz CT molecular complexity index is 991. The number of anilines is 1. The zero-order valence-electron chi connectivity index (χ0n) is 16.8. The van der Waals surface area contributed by atoms with Gasteiger partial charge in [0.05, 0.1) is 11.0 Å². The molecule has 1 saturated carbocycles.